The third-order valence-electron chi connectivity index (χ3n) is 3.65. The fourth-order valence-corrected chi connectivity index (χ4v) is 2.71. The molecular weight excluding hydrogens is 484 g/mol. The van der Waals surface area contributed by atoms with E-state index in [9.17, 15) is 13.6 Å². The average Bonchev–Trinajstić information content (AvgIpc) is 2.70. The van der Waals surface area contributed by atoms with Gasteiger partial charge in [-0.3, -0.25) is 9.79 Å². The van der Waals surface area contributed by atoms with Crippen molar-refractivity contribution in [1.29, 1.82) is 0 Å². The topological polar surface area (TPSA) is 109 Å². The molecule has 2 rings (SSSR count). The third-order valence-corrected chi connectivity index (χ3v) is 4.38. The van der Waals surface area contributed by atoms with Gasteiger partial charge in [0.2, 0.25) is 11.9 Å². The lowest BCUT2D eigenvalue weighted by Crippen LogP contribution is -2.24. The Morgan fingerprint density at radius 1 is 1.40 bits per heavy atom. The maximum absolute atomic E-state index is 13.9. The SMILES string of the molecule is CN(C)C(=O)CN=CC(=CN)Nc1ncc(Cl)c(NCc2cc(Br)cc(F)c2F)n1. The Morgan fingerprint density at radius 3 is 2.80 bits per heavy atom. The van der Waals surface area contributed by atoms with E-state index in [-0.39, 0.29) is 41.3 Å². The van der Waals surface area contributed by atoms with Crippen molar-refractivity contribution < 1.29 is 13.6 Å². The lowest BCUT2D eigenvalue weighted by atomic mass is 10.2. The van der Waals surface area contributed by atoms with Crippen molar-refractivity contribution in [3.05, 3.63) is 56.9 Å². The number of hydrogen-bond donors (Lipinski definition) is 3. The van der Waals surface area contributed by atoms with Crippen molar-refractivity contribution in [3.8, 4) is 0 Å². The fraction of sp³-hybridized carbons (Fsp3) is 0.222. The highest BCUT2D eigenvalue weighted by atomic mass is 79.9. The molecule has 0 bridgehead atoms. The molecule has 1 aromatic carbocycles. The number of anilines is 2. The van der Waals surface area contributed by atoms with Crippen molar-refractivity contribution in [2.45, 2.75) is 6.54 Å². The first-order valence-electron chi connectivity index (χ1n) is 8.50. The highest BCUT2D eigenvalue weighted by Gasteiger charge is 2.12. The minimum Gasteiger partial charge on any atom is -0.403 e. The van der Waals surface area contributed by atoms with Gasteiger partial charge in [-0.2, -0.15) is 4.98 Å². The summed E-state index contributed by atoms with van der Waals surface area (Å²) in [5, 5.41) is 5.85. The number of nitrogens with one attached hydrogen (secondary N) is 2. The maximum Gasteiger partial charge on any atom is 0.243 e. The average molecular weight is 503 g/mol. The molecular formula is C18H19BrClF2N7O. The Morgan fingerprint density at radius 2 is 2.13 bits per heavy atom. The number of likely N-dealkylation sites (N-methyl/N-ethyl adjacent to an activating group) is 1. The van der Waals surface area contributed by atoms with E-state index in [1.54, 1.807) is 14.1 Å². The van der Waals surface area contributed by atoms with Crippen LogP contribution in [0.5, 0.6) is 0 Å². The number of allylic oxidation sites excluding steroid dienone is 1. The quantitative estimate of drug-likeness (QED) is 0.378. The van der Waals surface area contributed by atoms with Crippen LogP contribution in [0.1, 0.15) is 5.56 Å². The van der Waals surface area contributed by atoms with E-state index < -0.39 is 11.6 Å². The number of hydrogen-bond acceptors (Lipinski definition) is 7. The Hall–Kier alpha value is -2.79. The first-order valence-corrected chi connectivity index (χ1v) is 9.67. The van der Waals surface area contributed by atoms with Crippen LogP contribution < -0.4 is 16.4 Å². The number of rotatable bonds is 8. The number of aromatic nitrogens is 2. The molecule has 4 N–H and O–H groups in total. The van der Waals surface area contributed by atoms with E-state index >= 15 is 0 Å². The molecule has 0 saturated carbocycles. The highest BCUT2D eigenvalue weighted by molar-refractivity contribution is 9.10. The van der Waals surface area contributed by atoms with Crippen LogP contribution in [-0.4, -0.2) is 47.6 Å². The standard InChI is InChI=1S/C18H19BrClF2N7O/c1-29(2)15(30)9-24-7-12(5-23)27-18-26-8-13(20)17(28-18)25-6-10-3-11(19)4-14(21)16(10)22/h3-5,7-8H,6,9,23H2,1-2H3,(H2,25,26,27,28). The summed E-state index contributed by atoms with van der Waals surface area (Å²) in [6.07, 6.45) is 3.93. The molecule has 0 aliphatic rings. The van der Waals surface area contributed by atoms with Crippen LogP contribution in [0.25, 0.3) is 0 Å². The molecule has 2 aromatic rings. The number of nitrogens with two attached hydrogens (primary N) is 1. The number of halogens is 4. The molecule has 0 aliphatic heterocycles. The largest absolute Gasteiger partial charge is 0.403 e. The second-order valence-corrected chi connectivity index (χ2v) is 7.43. The summed E-state index contributed by atoms with van der Waals surface area (Å²) in [6.45, 7) is -0.110. The molecule has 12 heteroatoms. The molecule has 160 valence electrons. The molecule has 0 saturated heterocycles. The predicted octanol–water partition coefficient (Wildman–Crippen LogP) is 3.15. The summed E-state index contributed by atoms with van der Waals surface area (Å²) < 4.78 is 27.9. The number of aliphatic imine (C=N–C) groups is 1. The van der Waals surface area contributed by atoms with Crippen LogP contribution in [0.15, 0.2) is 39.7 Å². The highest BCUT2D eigenvalue weighted by Crippen LogP contribution is 2.23. The van der Waals surface area contributed by atoms with Crippen LogP contribution in [0.4, 0.5) is 20.5 Å². The molecule has 1 amide bonds. The van der Waals surface area contributed by atoms with Gasteiger partial charge >= 0.3 is 0 Å². The first kappa shape index (κ1) is 23.5. The van der Waals surface area contributed by atoms with Gasteiger partial charge in [0, 0.05) is 43.1 Å². The second kappa shape index (κ2) is 10.8. The van der Waals surface area contributed by atoms with Crippen LogP contribution in [0.2, 0.25) is 5.02 Å². The Labute approximate surface area is 185 Å². The van der Waals surface area contributed by atoms with Gasteiger partial charge in [0.25, 0.3) is 0 Å². The lowest BCUT2D eigenvalue weighted by Gasteiger charge is -2.11. The van der Waals surface area contributed by atoms with Crippen molar-refractivity contribution >= 4 is 51.4 Å². The first-order chi connectivity index (χ1) is 14.2. The van der Waals surface area contributed by atoms with E-state index in [0.717, 1.165) is 6.07 Å². The van der Waals surface area contributed by atoms with E-state index in [1.165, 1.54) is 29.6 Å². The Balaban J connectivity index is 2.09. The molecule has 0 radical (unpaired) electrons. The summed E-state index contributed by atoms with van der Waals surface area (Å²) in [5.41, 5.74) is 5.99. The third kappa shape index (κ3) is 6.63. The van der Waals surface area contributed by atoms with Gasteiger partial charge < -0.3 is 21.3 Å². The molecule has 1 aromatic heterocycles. The van der Waals surface area contributed by atoms with Crippen molar-refractivity contribution in [1.82, 2.24) is 14.9 Å². The van der Waals surface area contributed by atoms with E-state index in [2.05, 4.69) is 41.5 Å². The summed E-state index contributed by atoms with van der Waals surface area (Å²) in [4.78, 5) is 25.2. The summed E-state index contributed by atoms with van der Waals surface area (Å²) in [5.74, 6) is -1.78. The maximum atomic E-state index is 13.9. The zero-order chi connectivity index (χ0) is 22.3. The van der Waals surface area contributed by atoms with Crippen molar-refractivity contribution in [2.75, 3.05) is 31.3 Å². The minimum atomic E-state index is -0.970. The second-order valence-electron chi connectivity index (χ2n) is 6.11. The molecule has 8 nitrogen and oxygen atoms in total. The normalized spacial score (nSPS) is 11.6. The van der Waals surface area contributed by atoms with Crippen LogP contribution in [0, 0.1) is 11.6 Å². The van der Waals surface area contributed by atoms with Gasteiger partial charge in [-0.25, -0.2) is 13.8 Å². The molecule has 1 heterocycles. The number of carbonyl (C=O) groups is 1. The van der Waals surface area contributed by atoms with Gasteiger partial charge in [-0.05, 0) is 12.1 Å². The number of amides is 1. The van der Waals surface area contributed by atoms with Crippen LogP contribution in [-0.2, 0) is 11.3 Å². The molecule has 0 fully saturated rings. The fourth-order valence-electron chi connectivity index (χ4n) is 2.08. The minimum absolute atomic E-state index is 0.0466. The Kier molecular flexibility index (Phi) is 8.48. The monoisotopic (exact) mass is 501 g/mol. The number of benzene rings is 1. The van der Waals surface area contributed by atoms with Gasteiger partial charge in [0.15, 0.2) is 17.5 Å². The van der Waals surface area contributed by atoms with E-state index in [0.29, 0.717) is 10.2 Å². The zero-order valence-corrected chi connectivity index (χ0v) is 18.4. The van der Waals surface area contributed by atoms with E-state index in [4.69, 9.17) is 17.3 Å². The van der Waals surface area contributed by atoms with Gasteiger partial charge in [0.1, 0.15) is 11.6 Å². The summed E-state index contributed by atoms with van der Waals surface area (Å²) in [6, 6.07) is 2.48. The van der Waals surface area contributed by atoms with Crippen LogP contribution >= 0.6 is 27.5 Å². The summed E-state index contributed by atoms with van der Waals surface area (Å²) in [7, 11) is 3.25. The molecule has 30 heavy (non-hydrogen) atoms. The predicted molar refractivity (Wildman–Crippen MR) is 116 cm³/mol. The molecule has 0 atom stereocenters. The van der Waals surface area contributed by atoms with Gasteiger partial charge in [-0.1, -0.05) is 27.5 Å². The molecule has 0 unspecified atom stereocenters. The number of carbonyl (C=O) groups excluding carboxylic acids is 1. The van der Waals surface area contributed by atoms with Crippen molar-refractivity contribution in [2.24, 2.45) is 10.7 Å². The summed E-state index contributed by atoms with van der Waals surface area (Å²) >= 11 is 9.20. The van der Waals surface area contributed by atoms with Crippen LogP contribution in [0.3, 0.4) is 0 Å². The van der Waals surface area contributed by atoms with Gasteiger partial charge in [0.05, 0.1) is 11.9 Å². The van der Waals surface area contributed by atoms with Gasteiger partial charge in [-0.15, -0.1) is 0 Å². The van der Waals surface area contributed by atoms with Crippen molar-refractivity contribution in [3.63, 3.8) is 0 Å². The zero-order valence-electron chi connectivity index (χ0n) is 16.1. The Bertz CT molecular complexity index is 985. The smallest absolute Gasteiger partial charge is 0.243 e. The van der Waals surface area contributed by atoms with E-state index in [1.807, 2.05) is 0 Å². The lowest BCUT2D eigenvalue weighted by molar-refractivity contribution is -0.127. The molecule has 0 spiro atoms. The number of nitrogens with zero attached hydrogens (tertiary/aromatic N) is 4. The molecule has 0 aliphatic carbocycles.